The second kappa shape index (κ2) is 4.64. The second-order valence-electron chi connectivity index (χ2n) is 6.54. The predicted octanol–water partition coefficient (Wildman–Crippen LogP) is 2.55. The first kappa shape index (κ1) is 12.7. The highest BCUT2D eigenvalue weighted by Gasteiger charge is 2.28. The van der Waals surface area contributed by atoms with Gasteiger partial charge in [-0.25, -0.2) is 0 Å². The molecule has 1 amide bonds. The molecule has 1 fully saturated rings. The van der Waals surface area contributed by atoms with E-state index in [1.807, 2.05) is 11.0 Å². The molecule has 1 aromatic rings. The molecule has 1 saturated heterocycles. The molecular formula is C16H22N2O. The monoisotopic (exact) mass is 258 g/mol. The molecule has 2 aliphatic rings. The molecular weight excluding hydrogens is 236 g/mol. The summed E-state index contributed by atoms with van der Waals surface area (Å²) >= 11 is 0. The fraction of sp³-hybridized carbons (Fsp3) is 0.562. The number of rotatable bonds is 1. The van der Waals surface area contributed by atoms with Crippen LogP contribution in [0.5, 0.6) is 0 Å². The lowest BCUT2D eigenvalue weighted by Gasteiger charge is -2.37. The number of hydrogen-bond acceptors (Lipinski definition) is 2. The number of hydrogen-bond donors (Lipinski definition) is 1. The van der Waals surface area contributed by atoms with Gasteiger partial charge in [-0.3, -0.25) is 4.79 Å². The van der Waals surface area contributed by atoms with Crippen LogP contribution in [-0.4, -0.2) is 23.9 Å². The van der Waals surface area contributed by atoms with E-state index in [9.17, 15) is 4.79 Å². The first-order chi connectivity index (χ1) is 9.05. The Labute approximate surface area is 115 Å². The van der Waals surface area contributed by atoms with Crippen molar-refractivity contribution in [3.63, 3.8) is 0 Å². The van der Waals surface area contributed by atoms with Crippen molar-refractivity contribution in [1.29, 1.82) is 0 Å². The minimum atomic E-state index is 0.199. The van der Waals surface area contributed by atoms with Crippen molar-refractivity contribution in [3.05, 3.63) is 34.9 Å². The SMILES string of the molecule is CC1(C)CCN(C(=O)c2ccc3c(c2)CNC3)CC1. The molecule has 0 aliphatic carbocycles. The van der Waals surface area contributed by atoms with E-state index >= 15 is 0 Å². The highest BCUT2D eigenvalue weighted by atomic mass is 16.2. The van der Waals surface area contributed by atoms with Gasteiger partial charge in [0, 0.05) is 31.7 Å². The number of fused-ring (bicyclic) bond motifs is 1. The van der Waals surface area contributed by atoms with Crippen molar-refractivity contribution in [2.24, 2.45) is 5.41 Å². The Balaban J connectivity index is 1.74. The van der Waals surface area contributed by atoms with Crippen LogP contribution in [-0.2, 0) is 13.1 Å². The third kappa shape index (κ3) is 2.52. The molecule has 1 aromatic carbocycles. The van der Waals surface area contributed by atoms with Crippen molar-refractivity contribution < 1.29 is 4.79 Å². The van der Waals surface area contributed by atoms with Gasteiger partial charge in [0.25, 0.3) is 5.91 Å². The van der Waals surface area contributed by atoms with Crippen LogP contribution >= 0.6 is 0 Å². The average Bonchev–Trinajstić information content (AvgIpc) is 2.85. The molecule has 0 bridgehead atoms. The zero-order valence-corrected chi connectivity index (χ0v) is 11.8. The van der Waals surface area contributed by atoms with Crippen molar-refractivity contribution >= 4 is 5.91 Å². The number of likely N-dealkylation sites (tertiary alicyclic amines) is 1. The maximum Gasteiger partial charge on any atom is 0.253 e. The van der Waals surface area contributed by atoms with E-state index in [1.54, 1.807) is 0 Å². The summed E-state index contributed by atoms with van der Waals surface area (Å²) in [5, 5.41) is 3.32. The highest BCUT2D eigenvalue weighted by molar-refractivity contribution is 5.94. The minimum Gasteiger partial charge on any atom is -0.339 e. The molecule has 3 nitrogen and oxygen atoms in total. The molecule has 2 heterocycles. The van der Waals surface area contributed by atoms with Gasteiger partial charge in [-0.1, -0.05) is 19.9 Å². The molecule has 0 spiro atoms. The van der Waals surface area contributed by atoms with Gasteiger partial charge in [-0.05, 0) is 41.5 Å². The molecule has 0 saturated carbocycles. The number of nitrogens with zero attached hydrogens (tertiary/aromatic N) is 1. The van der Waals surface area contributed by atoms with Crippen molar-refractivity contribution in [2.75, 3.05) is 13.1 Å². The maximum atomic E-state index is 12.5. The number of carbonyl (C=O) groups excluding carboxylic acids is 1. The molecule has 0 atom stereocenters. The number of piperidine rings is 1. The summed E-state index contributed by atoms with van der Waals surface area (Å²) in [6.07, 6.45) is 2.20. The fourth-order valence-corrected chi connectivity index (χ4v) is 2.93. The van der Waals surface area contributed by atoms with Crippen molar-refractivity contribution in [1.82, 2.24) is 10.2 Å². The molecule has 102 valence electrons. The number of carbonyl (C=O) groups is 1. The summed E-state index contributed by atoms with van der Waals surface area (Å²) < 4.78 is 0. The van der Waals surface area contributed by atoms with Gasteiger partial charge in [0.05, 0.1) is 0 Å². The topological polar surface area (TPSA) is 32.3 Å². The Hall–Kier alpha value is -1.35. The third-order valence-electron chi connectivity index (χ3n) is 4.49. The van der Waals surface area contributed by atoms with E-state index in [4.69, 9.17) is 0 Å². The van der Waals surface area contributed by atoms with Gasteiger partial charge in [-0.2, -0.15) is 0 Å². The number of nitrogens with one attached hydrogen (secondary N) is 1. The smallest absolute Gasteiger partial charge is 0.253 e. The standard InChI is InChI=1S/C16H22N2O/c1-16(2)5-7-18(8-6-16)15(19)12-3-4-13-10-17-11-14(13)9-12/h3-4,9,17H,5-8,10-11H2,1-2H3. The normalized spacial score (nSPS) is 21.3. The van der Waals surface area contributed by atoms with Crippen LogP contribution in [0.15, 0.2) is 18.2 Å². The largest absolute Gasteiger partial charge is 0.339 e. The van der Waals surface area contributed by atoms with Gasteiger partial charge in [-0.15, -0.1) is 0 Å². The molecule has 2 aliphatic heterocycles. The van der Waals surface area contributed by atoms with Crippen LogP contribution in [0.2, 0.25) is 0 Å². The zero-order chi connectivity index (χ0) is 13.5. The van der Waals surface area contributed by atoms with E-state index in [1.165, 1.54) is 11.1 Å². The molecule has 19 heavy (non-hydrogen) atoms. The first-order valence-corrected chi connectivity index (χ1v) is 7.17. The quantitative estimate of drug-likeness (QED) is 0.839. The lowest BCUT2D eigenvalue weighted by atomic mass is 9.82. The summed E-state index contributed by atoms with van der Waals surface area (Å²) in [6.45, 7) is 8.18. The summed E-state index contributed by atoms with van der Waals surface area (Å²) in [4.78, 5) is 14.5. The van der Waals surface area contributed by atoms with Gasteiger partial charge in [0.15, 0.2) is 0 Å². The Morgan fingerprint density at radius 1 is 1.16 bits per heavy atom. The predicted molar refractivity (Wildman–Crippen MR) is 75.9 cm³/mol. The first-order valence-electron chi connectivity index (χ1n) is 7.17. The van der Waals surface area contributed by atoms with Gasteiger partial charge in [0.2, 0.25) is 0 Å². The van der Waals surface area contributed by atoms with Crippen LogP contribution in [0.25, 0.3) is 0 Å². The lowest BCUT2D eigenvalue weighted by Crippen LogP contribution is -2.41. The Bertz CT molecular complexity index is 497. The Morgan fingerprint density at radius 3 is 2.58 bits per heavy atom. The molecule has 0 radical (unpaired) electrons. The Morgan fingerprint density at radius 2 is 1.84 bits per heavy atom. The summed E-state index contributed by atoms with van der Waals surface area (Å²) in [7, 11) is 0. The van der Waals surface area contributed by atoms with Crippen LogP contribution in [0.3, 0.4) is 0 Å². The van der Waals surface area contributed by atoms with Gasteiger partial charge < -0.3 is 10.2 Å². The lowest BCUT2D eigenvalue weighted by molar-refractivity contribution is 0.0630. The second-order valence-corrected chi connectivity index (χ2v) is 6.54. The minimum absolute atomic E-state index is 0.199. The van der Waals surface area contributed by atoms with E-state index in [2.05, 4.69) is 31.3 Å². The van der Waals surface area contributed by atoms with Gasteiger partial charge in [0.1, 0.15) is 0 Å². The third-order valence-corrected chi connectivity index (χ3v) is 4.49. The van der Waals surface area contributed by atoms with E-state index in [0.717, 1.165) is 44.6 Å². The molecule has 3 heteroatoms. The van der Waals surface area contributed by atoms with Crippen molar-refractivity contribution in [2.45, 2.75) is 39.8 Å². The average molecular weight is 258 g/mol. The molecule has 3 rings (SSSR count). The fourth-order valence-electron chi connectivity index (χ4n) is 2.93. The van der Waals surface area contributed by atoms with Crippen molar-refractivity contribution in [3.8, 4) is 0 Å². The highest BCUT2D eigenvalue weighted by Crippen LogP contribution is 2.30. The number of benzene rings is 1. The van der Waals surface area contributed by atoms with Crippen LogP contribution in [0.1, 0.15) is 48.2 Å². The van der Waals surface area contributed by atoms with Crippen LogP contribution in [0, 0.1) is 5.41 Å². The summed E-state index contributed by atoms with van der Waals surface area (Å²) in [5.74, 6) is 0.199. The van der Waals surface area contributed by atoms with Crippen LogP contribution < -0.4 is 5.32 Å². The maximum absolute atomic E-state index is 12.5. The van der Waals surface area contributed by atoms with E-state index in [0.29, 0.717) is 5.41 Å². The molecule has 0 aromatic heterocycles. The number of amides is 1. The van der Waals surface area contributed by atoms with Gasteiger partial charge >= 0.3 is 0 Å². The van der Waals surface area contributed by atoms with E-state index in [-0.39, 0.29) is 5.91 Å². The van der Waals surface area contributed by atoms with E-state index < -0.39 is 0 Å². The van der Waals surface area contributed by atoms with Crippen LogP contribution in [0.4, 0.5) is 0 Å². The summed E-state index contributed by atoms with van der Waals surface area (Å²) in [5.41, 5.74) is 3.85. The molecule has 0 unspecified atom stereocenters. The zero-order valence-electron chi connectivity index (χ0n) is 11.8. The Kier molecular flexibility index (Phi) is 3.09. The molecule has 1 N–H and O–H groups in total. The summed E-state index contributed by atoms with van der Waals surface area (Å²) in [6, 6.07) is 6.14.